The molecule has 2 heterocycles. The Morgan fingerprint density at radius 1 is 1.03 bits per heavy atom. The van der Waals surface area contributed by atoms with Crippen LogP contribution < -0.4 is 11.1 Å². The van der Waals surface area contributed by atoms with Crippen LogP contribution in [-0.2, 0) is 12.4 Å². The van der Waals surface area contributed by atoms with Crippen molar-refractivity contribution >= 4 is 11.8 Å². The molecule has 0 aliphatic heterocycles. The molecule has 1 aliphatic carbocycles. The molecule has 0 spiro atoms. The maximum Gasteiger partial charge on any atom is 0.416 e. The van der Waals surface area contributed by atoms with Crippen molar-refractivity contribution in [3.05, 3.63) is 64.6 Å². The summed E-state index contributed by atoms with van der Waals surface area (Å²) in [6.07, 6.45) is -7.53. The van der Waals surface area contributed by atoms with Crippen LogP contribution in [0.25, 0.3) is 5.82 Å². The van der Waals surface area contributed by atoms with Crippen LogP contribution in [0.1, 0.15) is 75.3 Å². The molecule has 3 aromatic rings. The molecule has 15 heteroatoms. The summed E-state index contributed by atoms with van der Waals surface area (Å²) in [5.41, 5.74) is 1.05. The van der Waals surface area contributed by atoms with Crippen molar-refractivity contribution in [1.82, 2.24) is 30.0 Å². The lowest BCUT2D eigenvalue weighted by atomic mass is 10.0. The minimum absolute atomic E-state index is 0.0446. The molecule has 1 fully saturated rings. The van der Waals surface area contributed by atoms with E-state index in [1.54, 1.807) is 0 Å². The van der Waals surface area contributed by atoms with Gasteiger partial charge in [-0.05, 0) is 38.0 Å². The number of nitrogens with zero attached hydrogens (tertiary/aromatic N) is 5. The highest BCUT2D eigenvalue weighted by molar-refractivity contribution is 5.95. The molecule has 2 amide bonds. The first-order valence-corrected chi connectivity index (χ1v) is 10.4. The first-order chi connectivity index (χ1) is 16.7. The number of amides is 2. The summed E-state index contributed by atoms with van der Waals surface area (Å²) in [6.45, 7) is 1.42. The summed E-state index contributed by atoms with van der Waals surface area (Å²) >= 11 is 0. The van der Waals surface area contributed by atoms with Crippen LogP contribution in [-0.4, -0.2) is 36.5 Å². The number of aromatic nitrogens is 5. The maximum atomic E-state index is 13.2. The number of rotatable bonds is 6. The van der Waals surface area contributed by atoms with Crippen LogP contribution in [0, 0.1) is 0 Å². The lowest BCUT2D eigenvalue weighted by Gasteiger charge is -2.17. The van der Waals surface area contributed by atoms with E-state index in [0.717, 1.165) is 19.2 Å². The molecule has 1 aromatic carbocycles. The Labute approximate surface area is 198 Å². The van der Waals surface area contributed by atoms with E-state index in [1.807, 2.05) is 0 Å². The lowest BCUT2D eigenvalue weighted by molar-refractivity contribution is -0.143. The molecule has 0 saturated heterocycles. The highest BCUT2D eigenvalue weighted by Gasteiger charge is 2.38. The zero-order chi connectivity index (χ0) is 26.4. The second kappa shape index (κ2) is 8.87. The van der Waals surface area contributed by atoms with Gasteiger partial charge in [0.1, 0.15) is 12.0 Å². The second-order valence-corrected chi connectivity index (χ2v) is 8.13. The normalized spacial score (nSPS) is 15.0. The van der Waals surface area contributed by atoms with Gasteiger partial charge in [-0.3, -0.25) is 9.59 Å². The molecule has 1 saturated carbocycles. The van der Waals surface area contributed by atoms with Gasteiger partial charge in [0.15, 0.2) is 17.5 Å². The fraction of sp³-hybridized carbons (Fsp3) is 0.333. The van der Waals surface area contributed by atoms with E-state index in [4.69, 9.17) is 5.73 Å². The third-order valence-electron chi connectivity index (χ3n) is 5.30. The molecule has 4 rings (SSSR count). The smallest absolute Gasteiger partial charge is 0.364 e. The van der Waals surface area contributed by atoms with Crippen molar-refractivity contribution in [2.45, 2.75) is 44.1 Å². The standard InChI is InChI=1S/C21H17F6N7O2/c1-9(31-19(36)11-4-12(20(22,23)24)6-13(5-11)21(25,26)27)18-32-17(10-2-3-10)33-34(18)15-7-14(16(28)35)29-8-30-15/h4-10H,2-3H2,1H3,(H2,28,35)(H,31,36)/t9-/m0/s1. The number of nitrogens with one attached hydrogen (secondary N) is 1. The Morgan fingerprint density at radius 2 is 1.64 bits per heavy atom. The quantitative estimate of drug-likeness (QED) is 0.485. The van der Waals surface area contributed by atoms with Crippen molar-refractivity contribution in [2.75, 3.05) is 0 Å². The van der Waals surface area contributed by atoms with Crippen molar-refractivity contribution in [3.63, 3.8) is 0 Å². The third kappa shape index (κ3) is 5.28. The molecule has 2 aromatic heterocycles. The van der Waals surface area contributed by atoms with Gasteiger partial charge in [-0.2, -0.15) is 31.0 Å². The van der Waals surface area contributed by atoms with Gasteiger partial charge in [0.2, 0.25) is 0 Å². The van der Waals surface area contributed by atoms with Crippen LogP contribution in [0.4, 0.5) is 26.3 Å². The van der Waals surface area contributed by atoms with Crippen molar-refractivity contribution in [1.29, 1.82) is 0 Å². The number of hydrogen-bond donors (Lipinski definition) is 2. The van der Waals surface area contributed by atoms with Crippen molar-refractivity contribution in [3.8, 4) is 5.82 Å². The monoisotopic (exact) mass is 513 g/mol. The number of alkyl halides is 6. The number of benzene rings is 1. The largest absolute Gasteiger partial charge is 0.416 e. The van der Waals surface area contributed by atoms with Gasteiger partial charge in [0.05, 0.1) is 17.2 Å². The zero-order valence-electron chi connectivity index (χ0n) is 18.4. The molecule has 0 unspecified atom stereocenters. The van der Waals surface area contributed by atoms with E-state index in [2.05, 4.69) is 25.4 Å². The van der Waals surface area contributed by atoms with Gasteiger partial charge in [0, 0.05) is 17.5 Å². The molecule has 0 bridgehead atoms. The third-order valence-corrected chi connectivity index (χ3v) is 5.30. The van der Waals surface area contributed by atoms with E-state index in [0.29, 0.717) is 18.0 Å². The van der Waals surface area contributed by atoms with Gasteiger partial charge in [0.25, 0.3) is 11.8 Å². The first kappa shape index (κ1) is 25.1. The van der Waals surface area contributed by atoms with Crippen molar-refractivity contribution < 1.29 is 35.9 Å². The number of carbonyl (C=O) groups excluding carboxylic acids is 2. The van der Waals surface area contributed by atoms with Crippen LogP contribution in [0.5, 0.6) is 0 Å². The van der Waals surface area contributed by atoms with E-state index in [1.165, 1.54) is 17.7 Å². The molecular formula is C21H17F6N7O2. The summed E-state index contributed by atoms with van der Waals surface area (Å²) in [7, 11) is 0. The molecule has 3 N–H and O–H groups in total. The predicted molar refractivity (Wildman–Crippen MR) is 110 cm³/mol. The van der Waals surface area contributed by atoms with Gasteiger partial charge >= 0.3 is 12.4 Å². The Hall–Kier alpha value is -4.04. The highest BCUT2D eigenvalue weighted by atomic mass is 19.4. The summed E-state index contributed by atoms with van der Waals surface area (Å²) in [5.74, 6) is -1.42. The number of hydrogen-bond acceptors (Lipinski definition) is 6. The van der Waals surface area contributed by atoms with Crippen LogP contribution in [0.15, 0.2) is 30.6 Å². The predicted octanol–water partition coefficient (Wildman–Crippen LogP) is 3.56. The summed E-state index contributed by atoms with van der Waals surface area (Å²) in [5, 5.41) is 6.71. The summed E-state index contributed by atoms with van der Waals surface area (Å²) in [6, 6.07) is 0.800. The number of primary amides is 1. The number of carbonyl (C=O) groups is 2. The van der Waals surface area contributed by atoms with E-state index in [-0.39, 0.29) is 29.3 Å². The van der Waals surface area contributed by atoms with Gasteiger partial charge in [-0.25, -0.2) is 15.0 Å². The van der Waals surface area contributed by atoms with Gasteiger partial charge in [-0.15, -0.1) is 5.10 Å². The van der Waals surface area contributed by atoms with Crippen LogP contribution in [0.3, 0.4) is 0 Å². The molecule has 1 atom stereocenters. The highest BCUT2D eigenvalue weighted by Crippen LogP contribution is 2.39. The maximum absolute atomic E-state index is 13.2. The van der Waals surface area contributed by atoms with E-state index in [9.17, 15) is 35.9 Å². The number of nitrogens with two attached hydrogens (primary N) is 1. The van der Waals surface area contributed by atoms with Crippen molar-refractivity contribution in [2.24, 2.45) is 5.73 Å². The molecule has 190 valence electrons. The average Bonchev–Trinajstić information content (AvgIpc) is 3.55. The minimum atomic E-state index is -5.10. The summed E-state index contributed by atoms with van der Waals surface area (Å²) < 4.78 is 80.3. The molecule has 0 radical (unpaired) electrons. The van der Waals surface area contributed by atoms with Crippen LogP contribution >= 0.6 is 0 Å². The Kier molecular flexibility index (Phi) is 6.18. The average molecular weight is 513 g/mol. The Morgan fingerprint density at radius 3 is 2.17 bits per heavy atom. The lowest BCUT2D eigenvalue weighted by Crippen LogP contribution is -2.29. The summed E-state index contributed by atoms with van der Waals surface area (Å²) in [4.78, 5) is 36.4. The fourth-order valence-electron chi connectivity index (χ4n) is 3.33. The first-order valence-electron chi connectivity index (χ1n) is 10.4. The fourth-order valence-corrected chi connectivity index (χ4v) is 3.33. The number of halogens is 6. The van der Waals surface area contributed by atoms with Gasteiger partial charge < -0.3 is 11.1 Å². The van der Waals surface area contributed by atoms with E-state index >= 15 is 0 Å². The Balaban J connectivity index is 1.69. The topological polar surface area (TPSA) is 129 Å². The molecule has 1 aliphatic rings. The molecule has 9 nitrogen and oxygen atoms in total. The molecule has 36 heavy (non-hydrogen) atoms. The molecular weight excluding hydrogens is 496 g/mol. The van der Waals surface area contributed by atoms with Crippen LogP contribution in [0.2, 0.25) is 0 Å². The second-order valence-electron chi connectivity index (χ2n) is 8.13. The SMILES string of the molecule is C[C@H](NC(=O)c1cc(C(F)(F)F)cc(C(F)(F)F)c1)c1nc(C2CC2)nn1-c1cc(C(N)=O)ncn1. The zero-order valence-corrected chi connectivity index (χ0v) is 18.4. The minimum Gasteiger partial charge on any atom is -0.364 e. The van der Waals surface area contributed by atoms with E-state index < -0.39 is 46.9 Å². The Bertz CT molecular complexity index is 1300. The van der Waals surface area contributed by atoms with Gasteiger partial charge in [-0.1, -0.05) is 0 Å².